The van der Waals surface area contributed by atoms with Crippen LogP contribution in [0.2, 0.25) is 0 Å². The lowest BCUT2D eigenvalue weighted by atomic mass is 9.93. The van der Waals surface area contributed by atoms with Gasteiger partial charge in [0.25, 0.3) is 0 Å². The Balaban J connectivity index is 0.00000128. The minimum absolute atomic E-state index is 0. The van der Waals surface area contributed by atoms with E-state index in [1.165, 1.54) is 16.6 Å². The van der Waals surface area contributed by atoms with Crippen molar-refractivity contribution < 1.29 is 20.6 Å². The lowest BCUT2D eigenvalue weighted by Crippen LogP contribution is -2.14. The first kappa shape index (κ1) is 21.2. The predicted octanol–water partition coefficient (Wildman–Crippen LogP) is 3.58. The Labute approximate surface area is 174 Å². The van der Waals surface area contributed by atoms with Gasteiger partial charge < -0.3 is 20.4 Å². The lowest BCUT2D eigenvalue weighted by Gasteiger charge is -2.15. The van der Waals surface area contributed by atoms with E-state index in [4.69, 9.17) is 4.84 Å². The standard InChI is InChI=1S/C24H20N2O2.2H2O/c1-26-21-14-5-4-11-19(21)23-20(13-7-15-22(23)26)25-28-24(27)18-12-6-9-16-8-2-3-10-17(16)18;;/h2-6,8-12,14H,7,13,15H2,1H3;2*1H2/b25-20+;;. The first-order valence-electron chi connectivity index (χ1n) is 9.56. The third-order valence-electron chi connectivity index (χ3n) is 5.59. The Morgan fingerprint density at radius 1 is 0.900 bits per heavy atom. The van der Waals surface area contributed by atoms with Gasteiger partial charge in [-0.15, -0.1) is 0 Å². The van der Waals surface area contributed by atoms with Gasteiger partial charge in [-0.1, -0.05) is 59.8 Å². The maximum Gasteiger partial charge on any atom is 0.366 e. The molecule has 4 N–H and O–H groups in total. The number of benzene rings is 3. The maximum atomic E-state index is 12.7. The van der Waals surface area contributed by atoms with Gasteiger partial charge in [0, 0.05) is 29.2 Å². The molecule has 5 rings (SSSR count). The summed E-state index contributed by atoms with van der Waals surface area (Å²) in [7, 11) is 2.09. The number of aryl methyl sites for hydroxylation is 1. The Morgan fingerprint density at radius 3 is 2.43 bits per heavy atom. The third-order valence-corrected chi connectivity index (χ3v) is 5.59. The van der Waals surface area contributed by atoms with Crippen molar-refractivity contribution in [3.05, 3.63) is 83.6 Å². The van der Waals surface area contributed by atoms with Gasteiger partial charge in [0.05, 0.1) is 11.3 Å². The minimum atomic E-state index is -0.420. The van der Waals surface area contributed by atoms with E-state index in [2.05, 4.69) is 28.9 Å². The molecule has 4 aromatic rings. The highest BCUT2D eigenvalue weighted by Crippen LogP contribution is 2.32. The van der Waals surface area contributed by atoms with Crippen LogP contribution >= 0.6 is 0 Å². The Bertz CT molecular complexity index is 1250. The normalized spacial score (nSPS) is 14.1. The van der Waals surface area contributed by atoms with Gasteiger partial charge in [0.1, 0.15) is 0 Å². The zero-order valence-electron chi connectivity index (χ0n) is 16.7. The lowest BCUT2D eigenvalue weighted by molar-refractivity contribution is 0.0518. The zero-order chi connectivity index (χ0) is 19.1. The van der Waals surface area contributed by atoms with E-state index < -0.39 is 5.97 Å². The predicted molar refractivity (Wildman–Crippen MR) is 119 cm³/mol. The topological polar surface area (TPSA) is 107 Å². The summed E-state index contributed by atoms with van der Waals surface area (Å²) in [5.41, 5.74) is 4.95. The van der Waals surface area contributed by atoms with Crippen molar-refractivity contribution in [3.8, 4) is 0 Å². The molecular weight excluding hydrogens is 380 g/mol. The van der Waals surface area contributed by atoms with Crippen molar-refractivity contribution >= 4 is 33.4 Å². The maximum absolute atomic E-state index is 12.7. The average Bonchev–Trinajstić information content (AvgIpc) is 3.05. The SMILES string of the molecule is Cn1c2c(c3ccccc31)/C(=N/OC(=O)c1cccc3ccccc13)CCC2.O.O. The van der Waals surface area contributed by atoms with Crippen LogP contribution < -0.4 is 0 Å². The smallest absolute Gasteiger partial charge is 0.366 e. The molecule has 1 aliphatic rings. The van der Waals surface area contributed by atoms with Crippen LogP contribution in [0.4, 0.5) is 0 Å². The fourth-order valence-corrected chi connectivity index (χ4v) is 4.25. The monoisotopic (exact) mass is 404 g/mol. The third kappa shape index (κ3) is 3.36. The first-order valence-corrected chi connectivity index (χ1v) is 9.56. The number of hydrogen-bond donors (Lipinski definition) is 0. The average molecular weight is 404 g/mol. The fraction of sp³-hybridized carbons (Fsp3) is 0.167. The van der Waals surface area contributed by atoms with Gasteiger partial charge in [-0.25, -0.2) is 4.79 Å². The molecule has 0 fully saturated rings. The Morgan fingerprint density at radius 2 is 1.60 bits per heavy atom. The van der Waals surface area contributed by atoms with E-state index in [9.17, 15) is 4.79 Å². The second kappa shape index (κ2) is 8.49. The number of para-hydroxylation sites is 1. The van der Waals surface area contributed by atoms with Gasteiger partial charge >= 0.3 is 5.97 Å². The molecule has 0 spiro atoms. The fourth-order valence-electron chi connectivity index (χ4n) is 4.25. The summed E-state index contributed by atoms with van der Waals surface area (Å²) in [5, 5.41) is 7.38. The van der Waals surface area contributed by atoms with Crippen LogP contribution in [0.25, 0.3) is 21.7 Å². The Kier molecular flexibility index (Phi) is 6.01. The van der Waals surface area contributed by atoms with E-state index in [-0.39, 0.29) is 11.0 Å². The molecule has 0 amide bonds. The Hall–Kier alpha value is -3.48. The van der Waals surface area contributed by atoms with E-state index in [0.717, 1.165) is 41.3 Å². The molecule has 0 atom stereocenters. The van der Waals surface area contributed by atoms with E-state index in [1.54, 1.807) is 6.07 Å². The van der Waals surface area contributed by atoms with E-state index in [1.807, 2.05) is 48.5 Å². The number of carbonyl (C=O) groups excluding carboxylic acids is 1. The molecule has 0 radical (unpaired) electrons. The van der Waals surface area contributed by atoms with Crippen molar-refractivity contribution in [1.29, 1.82) is 0 Å². The molecule has 1 aromatic heterocycles. The summed E-state index contributed by atoms with van der Waals surface area (Å²) in [6.07, 6.45) is 2.82. The molecule has 0 unspecified atom stereocenters. The number of rotatable bonds is 2. The van der Waals surface area contributed by atoms with Crippen molar-refractivity contribution in [3.63, 3.8) is 0 Å². The molecule has 154 valence electrons. The van der Waals surface area contributed by atoms with Crippen LogP contribution in [-0.2, 0) is 18.3 Å². The molecule has 1 aliphatic carbocycles. The van der Waals surface area contributed by atoms with Gasteiger partial charge in [-0.2, -0.15) is 0 Å². The quantitative estimate of drug-likeness (QED) is 0.376. The summed E-state index contributed by atoms with van der Waals surface area (Å²) < 4.78 is 2.23. The largest absolute Gasteiger partial charge is 0.412 e. The molecule has 0 saturated carbocycles. The van der Waals surface area contributed by atoms with Crippen LogP contribution in [0.5, 0.6) is 0 Å². The van der Waals surface area contributed by atoms with Gasteiger partial charge in [0.2, 0.25) is 0 Å². The number of carbonyl (C=O) groups is 1. The summed E-state index contributed by atoms with van der Waals surface area (Å²) in [4.78, 5) is 18.2. The van der Waals surface area contributed by atoms with Crippen LogP contribution in [0.15, 0.2) is 71.9 Å². The molecular formula is C24H24N2O4. The van der Waals surface area contributed by atoms with Crippen molar-refractivity contribution in [2.75, 3.05) is 0 Å². The molecule has 3 aromatic carbocycles. The number of oxime groups is 1. The first-order chi connectivity index (χ1) is 13.7. The number of nitrogens with zero attached hydrogens (tertiary/aromatic N) is 2. The van der Waals surface area contributed by atoms with Gasteiger partial charge in [-0.05, 0) is 42.2 Å². The van der Waals surface area contributed by atoms with E-state index in [0.29, 0.717) is 5.56 Å². The minimum Gasteiger partial charge on any atom is -0.412 e. The van der Waals surface area contributed by atoms with Crippen LogP contribution in [0.3, 0.4) is 0 Å². The highest BCUT2D eigenvalue weighted by Gasteiger charge is 2.24. The molecule has 6 nitrogen and oxygen atoms in total. The number of hydrogen-bond acceptors (Lipinski definition) is 3. The van der Waals surface area contributed by atoms with Crippen LogP contribution in [-0.4, -0.2) is 27.2 Å². The summed E-state index contributed by atoms with van der Waals surface area (Å²) in [6.45, 7) is 0. The van der Waals surface area contributed by atoms with Gasteiger partial charge in [0.15, 0.2) is 0 Å². The summed E-state index contributed by atoms with van der Waals surface area (Å²) in [6, 6.07) is 21.8. The highest BCUT2D eigenvalue weighted by atomic mass is 16.7. The van der Waals surface area contributed by atoms with Crippen LogP contribution in [0.1, 0.15) is 34.5 Å². The van der Waals surface area contributed by atoms with Crippen LogP contribution in [0, 0.1) is 0 Å². The highest BCUT2D eigenvalue weighted by molar-refractivity contribution is 6.13. The molecule has 6 heteroatoms. The second-order valence-corrected chi connectivity index (χ2v) is 7.19. The summed E-state index contributed by atoms with van der Waals surface area (Å²) >= 11 is 0. The molecule has 0 saturated heterocycles. The number of fused-ring (bicyclic) bond motifs is 4. The molecule has 0 bridgehead atoms. The molecule has 30 heavy (non-hydrogen) atoms. The zero-order valence-corrected chi connectivity index (χ0v) is 16.7. The van der Waals surface area contributed by atoms with Crippen molar-refractivity contribution in [1.82, 2.24) is 4.57 Å². The molecule has 0 aliphatic heterocycles. The summed E-state index contributed by atoms with van der Waals surface area (Å²) in [5.74, 6) is -0.420. The van der Waals surface area contributed by atoms with Gasteiger partial charge in [-0.3, -0.25) is 0 Å². The van der Waals surface area contributed by atoms with Crippen molar-refractivity contribution in [2.24, 2.45) is 12.2 Å². The van der Waals surface area contributed by atoms with E-state index >= 15 is 0 Å². The van der Waals surface area contributed by atoms with Crippen molar-refractivity contribution in [2.45, 2.75) is 19.3 Å². The molecule has 1 heterocycles. The second-order valence-electron chi connectivity index (χ2n) is 7.19. The number of aromatic nitrogens is 1.